The van der Waals surface area contributed by atoms with Gasteiger partial charge in [0.1, 0.15) is 0 Å². The maximum Gasteiger partial charge on any atom is 0.0787 e. The van der Waals surface area contributed by atoms with Crippen molar-refractivity contribution < 1.29 is 9.84 Å². The van der Waals surface area contributed by atoms with Gasteiger partial charge in [-0.3, -0.25) is 0 Å². The zero-order valence-electron chi connectivity index (χ0n) is 13.1. The van der Waals surface area contributed by atoms with Gasteiger partial charge in [0.25, 0.3) is 0 Å². The minimum Gasteiger partial charge on any atom is -0.389 e. The van der Waals surface area contributed by atoms with Crippen LogP contribution in [0.1, 0.15) is 72.6 Å². The number of ether oxygens (including phenoxy) is 1. The summed E-state index contributed by atoms with van der Waals surface area (Å²) in [6, 6.07) is 0.328. The predicted octanol–water partition coefficient (Wildman–Crippen LogP) is 3.01. The molecule has 112 valence electrons. The minimum atomic E-state index is -0.501. The maximum atomic E-state index is 10.7. The highest BCUT2D eigenvalue weighted by atomic mass is 16.5. The first-order valence-electron chi connectivity index (χ1n) is 7.89. The molecule has 1 saturated heterocycles. The summed E-state index contributed by atoms with van der Waals surface area (Å²) in [5, 5.41) is 14.3. The van der Waals surface area contributed by atoms with Crippen LogP contribution < -0.4 is 5.32 Å². The van der Waals surface area contributed by atoms with Gasteiger partial charge in [0.15, 0.2) is 0 Å². The molecule has 19 heavy (non-hydrogen) atoms. The molecule has 1 atom stereocenters. The second-order valence-corrected chi connectivity index (χ2v) is 7.74. The number of rotatable bonds is 3. The van der Waals surface area contributed by atoms with Crippen LogP contribution in [0.25, 0.3) is 0 Å². The molecule has 2 aliphatic rings. The van der Waals surface area contributed by atoms with Crippen molar-refractivity contribution in [2.75, 3.05) is 6.54 Å². The van der Waals surface area contributed by atoms with Crippen molar-refractivity contribution in [1.29, 1.82) is 0 Å². The first-order valence-corrected chi connectivity index (χ1v) is 7.89. The highest BCUT2D eigenvalue weighted by Gasteiger charge is 2.46. The Bertz CT molecular complexity index is 304. The van der Waals surface area contributed by atoms with Crippen LogP contribution in [0.4, 0.5) is 0 Å². The van der Waals surface area contributed by atoms with Crippen LogP contribution in [0.5, 0.6) is 0 Å². The fourth-order valence-corrected chi connectivity index (χ4v) is 3.76. The van der Waals surface area contributed by atoms with Crippen LogP contribution in [0.2, 0.25) is 0 Å². The largest absolute Gasteiger partial charge is 0.389 e. The normalized spacial score (nSPS) is 33.0. The van der Waals surface area contributed by atoms with Gasteiger partial charge in [0, 0.05) is 12.6 Å². The monoisotopic (exact) mass is 269 g/mol. The molecule has 3 heteroatoms. The lowest BCUT2D eigenvalue weighted by Crippen LogP contribution is -2.50. The summed E-state index contributed by atoms with van der Waals surface area (Å²) in [4.78, 5) is 0. The molecule has 2 N–H and O–H groups in total. The molecule has 3 nitrogen and oxygen atoms in total. The second kappa shape index (κ2) is 5.34. The topological polar surface area (TPSA) is 41.5 Å². The van der Waals surface area contributed by atoms with Crippen LogP contribution in [0.15, 0.2) is 0 Å². The predicted molar refractivity (Wildman–Crippen MR) is 78.3 cm³/mol. The third-order valence-corrected chi connectivity index (χ3v) is 4.79. The van der Waals surface area contributed by atoms with Crippen molar-refractivity contribution in [3.05, 3.63) is 0 Å². The summed E-state index contributed by atoms with van der Waals surface area (Å²) in [6.45, 7) is 9.31. The number of hydrogen-bond acceptors (Lipinski definition) is 3. The van der Waals surface area contributed by atoms with Crippen molar-refractivity contribution >= 4 is 0 Å². The van der Waals surface area contributed by atoms with Gasteiger partial charge in [0.2, 0.25) is 0 Å². The fourth-order valence-electron chi connectivity index (χ4n) is 3.76. The average molecular weight is 269 g/mol. The van der Waals surface area contributed by atoms with E-state index < -0.39 is 5.60 Å². The second-order valence-electron chi connectivity index (χ2n) is 7.74. The van der Waals surface area contributed by atoms with Gasteiger partial charge in [-0.25, -0.2) is 0 Å². The lowest BCUT2D eigenvalue weighted by molar-refractivity contribution is -0.0715. The summed E-state index contributed by atoms with van der Waals surface area (Å²) in [6.07, 6.45) is 7.76. The van der Waals surface area contributed by atoms with E-state index in [2.05, 4.69) is 33.0 Å². The quantitative estimate of drug-likeness (QED) is 0.774. The molecule has 0 bridgehead atoms. The van der Waals surface area contributed by atoms with Crippen LogP contribution >= 0.6 is 0 Å². The molecule has 0 spiro atoms. The molecule has 0 radical (unpaired) electrons. The number of aliphatic hydroxyl groups is 1. The van der Waals surface area contributed by atoms with E-state index >= 15 is 0 Å². The molecule has 1 unspecified atom stereocenters. The molecule has 1 aliphatic carbocycles. The summed E-state index contributed by atoms with van der Waals surface area (Å²) in [7, 11) is 0. The molecular formula is C16H31NO2. The molecular weight excluding hydrogens is 238 g/mol. The SMILES string of the molecule is CC1(C)CC(NCC2(O)CCCCCC2)C(C)(C)O1. The van der Waals surface area contributed by atoms with E-state index in [1.54, 1.807) is 0 Å². The van der Waals surface area contributed by atoms with Crippen LogP contribution in [-0.4, -0.2) is 34.5 Å². The Kier molecular flexibility index (Phi) is 4.29. The van der Waals surface area contributed by atoms with Gasteiger partial charge < -0.3 is 15.2 Å². The Morgan fingerprint density at radius 2 is 1.63 bits per heavy atom. The third-order valence-electron chi connectivity index (χ3n) is 4.79. The average Bonchev–Trinajstić information content (AvgIpc) is 2.42. The Morgan fingerprint density at radius 3 is 2.11 bits per heavy atom. The van der Waals surface area contributed by atoms with E-state index in [4.69, 9.17) is 4.74 Å². The zero-order valence-corrected chi connectivity index (χ0v) is 13.1. The van der Waals surface area contributed by atoms with E-state index in [1.807, 2.05) is 0 Å². The van der Waals surface area contributed by atoms with Gasteiger partial charge in [-0.1, -0.05) is 25.7 Å². The standard InChI is InChI=1S/C16H31NO2/c1-14(2)11-13(15(3,4)19-14)17-12-16(18)9-7-5-6-8-10-16/h13,17-18H,5-12H2,1-4H3. The van der Waals surface area contributed by atoms with Gasteiger partial charge in [-0.15, -0.1) is 0 Å². The molecule has 0 aromatic heterocycles. The van der Waals surface area contributed by atoms with E-state index in [0.717, 1.165) is 32.1 Å². The molecule has 0 amide bonds. The van der Waals surface area contributed by atoms with E-state index in [-0.39, 0.29) is 11.2 Å². The van der Waals surface area contributed by atoms with Crippen molar-refractivity contribution in [3.63, 3.8) is 0 Å². The first kappa shape index (κ1) is 15.3. The fraction of sp³-hybridized carbons (Fsp3) is 1.00. The Labute approximate surface area is 118 Å². The van der Waals surface area contributed by atoms with E-state index in [1.165, 1.54) is 12.8 Å². The molecule has 1 saturated carbocycles. The molecule has 2 rings (SSSR count). The summed E-state index contributed by atoms with van der Waals surface area (Å²) in [5.74, 6) is 0. The molecule has 0 aromatic rings. The Balaban J connectivity index is 1.91. The summed E-state index contributed by atoms with van der Waals surface area (Å²) >= 11 is 0. The van der Waals surface area contributed by atoms with E-state index in [9.17, 15) is 5.11 Å². The minimum absolute atomic E-state index is 0.0623. The summed E-state index contributed by atoms with van der Waals surface area (Å²) in [5.41, 5.74) is -0.711. The Morgan fingerprint density at radius 1 is 1.05 bits per heavy atom. The summed E-state index contributed by atoms with van der Waals surface area (Å²) < 4.78 is 6.10. The van der Waals surface area contributed by atoms with Crippen LogP contribution in [-0.2, 0) is 4.74 Å². The van der Waals surface area contributed by atoms with Gasteiger partial charge in [-0.2, -0.15) is 0 Å². The third kappa shape index (κ3) is 3.93. The van der Waals surface area contributed by atoms with Gasteiger partial charge in [0.05, 0.1) is 16.8 Å². The first-order chi connectivity index (χ1) is 8.73. The zero-order chi connectivity index (χ0) is 14.1. The highest BCUT2D eigenvalue weighted by molar-refractivity contribution is 5.00. The molecule has 0 aromatic carbocycles. The van der Waals surface area contributed by atoms with Crippen molar-refractivity contribution in [1.82, 2.24) is 5.32 Å². The highest BCUT2D eigenvalue weighted by Crippen LogP contribution is 2.37. The lowest BCUT2D eigenvalue weighted by atomic mass is 9.91. The molecule has 1 aliphatic heterocycles. The van der Waals surface area contributed by atoms with E-state index in [0.29, 0.717) is 12.6 Å². The van der Waals surface area contributed by atoms with Crippen molar-refractivity contribution in [2.24, 2.45) is 0 Å². The maximum absolute atomic E-state index is 10.7. The van der Waals surface area contributed by atoms with Gasteiger partial charge >= 0.3 is 0 Å². The number of hydrogen-bond donors (Lipinski definition) is 2. The smallest absolute Gasteiger partial charge is 0.0787 e. The van der Waals surface area contributed by atoms with Crippen LogP contribution in [0, 0.1) is 0 Å². The lowest BCUT2D eigenvalue weighted by Gasteiger charge is -2.32. The molecule has 2 fully saturated rings. The Hall–Kier alpha value is -0.120. The van der Waals surface area contributed by atoms with Crippen molar-refractivity contribution in [3.8, 4) is 0 Å². The van der Waals surface area contributed by atoms with Gasteiger partial charge in [-0.05, 0) is 47.0 Å². The number of nitrogens with one attached hydrogen (secondary N) is 1. The van der Waals surface area contributed by atoms with Crippen molar-refractivity contribution in [2.45, 2.75) is 95.5 Å². The molecule has 1 heterocycles. The van der Waals surface area contributed by atoms with Crippen LogP contribution in [0.3, 0.4) is 0 Å².